The van der Waals surface area contributed by atoms with Crippen LogP contribution in [0.25, 0.3) is 0 Å². The van der Waals surface area contributed by atoms with Gasteiger partial charge < -0.3 is 10.1 Å². The minimum absolute atomic E-state index is 0.0358. The van der Waals surface area contributed by atoms with E-state index in [4.69, 9.17) is 16.3 Å². The smallest absolute Gasteiger partial charge is 0.242 e. The summed E-state index contributed by atoms with van der Waals surface area (Å²) < 4.78 is 31.9. The third-order valence-corrected chi connectivity index (χ3v) is 4.46. The van der Waals surface area contributed by atoms with Crippen molar-refractivity contribution in [3.05, 3.63) is 17.3 Å². The molecule has 0 fully saturated rings. The quantitative estimate of drug-likeness (QED) is 0.676. The maximum absolute atomic E-state index is 12.0. The number of rotatable bonds is 9. The van der Waals surface area contributed by atoms with E-state index in [2.05, 4.69) is 28.9 Å². The first-order valence-corrected chi connectivity index (χ1v) is 8.63. The second-order valence-corrected chi connectivity index (χ2v) is 7.12. The molecule has 0 atom stereocenters. The molecule has 0 saturated carbocycles. The highest BCUT2D eigenvalue weighted by Gasteiger charge is 2.15. The van der Waals surface area contributed by atoms with Crippen LogP contribution in [0.5, 0.6) is 0 Å². The van der Waals surface area contributed by atoms with Gasteiger partial charge in [-0.3, -0.25) is 0 Å². The topological polar surface area (TPSA) is 80.3 Å². The molecule has 0 aliphatic rings. The van der Waals surface area contributed by atoms with Gasteiger partial charge in [-0.05, 0) is 18.4 Å². The second kappa shape index (κ2) is 8.53. The zero-order valence-corrected chi connectivity index (χ0v) is 14.1. The third kappa shape index (κ3) is 6.17. The van der Waals surface area contributed by atoms with Gasteiger partial charge in [-0.25, -0.2) is 18.1 Å². The van der Waals surface area contributed by atoms with Crippen LogP contribution in [0.2, 0.25) is 5.02 Å². The van der Waals surface area contributed by atoms with Gasteiger partial charge in [0, 0.05) is 26.4 Å². The van der Waals surface area contributed by atoms with E-state index < -0.39 is 10.0 Å². The molecule has 1 heterocycles. The van der Waals surface area contributed by atoms with E-state index in [1.54, 1.807) is 7.05 Å². The van der Waals surface area contributed by atoms with Crippen LogP contribution in [0.4, 0.5) is 5.82 Å². The van der Waals surface area contributed by atoms with E-state index in [0.717, 1.165) is 6.42 Å². The van der Waals surface area contributed by atoms with Gasteiger partial charge in [-0.2, -0.15) is 0 Å². The molecule has 0 radical (unpaired) electrons. The van der Waals surface area contributed by atoms with Crippen LogP contribution in [0.1, 0.15) is 20.3 Å². The zero-order valence-electron chi connectivity index (χ0n) is 12.5. The van der Waals surface area contributed by atoms with Crippen molar-refractivity contribution in [2.45, 2.75) is 25.2 Å². The van der Waals surface area contributed by atoms with Crippen molar-refractivity contribution < 1.29 is 13.2 Å². The van der Waals surface area contributed by atoms with Gasteiger partial charge in [0.2, 0.25) is 10.0 Å². The van der Waals surface area contributed by atoms with E-state index in [-0.39, 0.29) is 16.5 Å². The molecule has 6 nitrogen and oxygen atoms in total. The fourth-order valence-electron chi connectivity index (χ4n) is 1.50. The molecule has 0 amide bonds. The summed E-state index contributed by atoms with van der Waals surface area (Å²) in [5, 5.41) is 3.03. The van der Waals surface area contributed by atoms with E-state index in [0.29, 0.717) is 24.9 Å². The Hall–Kier alpha value is -0.890. The number of hydrogen-bond acceptors (Lipinski definition) is 5. The molecule has 8 heteroatoms. The fraction of sp³-hybridized carbons (Fsp3) is 0.615. The summed E-state index contributed by atoms with van der Waals surface area (Å²) in [5.41, 5.74) is 0. The molecule has 2 N–H and O–H groups in total. The molecule has 0 aromatic carbocycles. The predicted molar refractivity (Wildman–Crippen MR) is 84.3 cm³/mol. The lowest BCUT2D eigenvalue weighted by atomic mass is 10.1. The first kappa shape index (κ1) is 18.2. The predicted octanol–water partition coefficient (Wildman–Crippen LogP) is 2.12. The van der Waals surface area contributed by atoms with Crippen LogP contribution in [-0.4, -0.2) is 40.2 Å². The van der Waals surface area contributed by atoms with Crippen molar-refractivity contribution in [3.8, 4) is 0 Å². The van der Waals surface area contributed by atoms with Crippen molar-refractivity contribution in [1.82, 2.24) is 9.71 Å². The number of aromatic nitrogens is 1. The van der Waals surface area contributed by atoms with Gasteiger partial charge in [0.1, 0.15) is 10.7 Å². The number of hydrogen-bond donors (Lipinski definition) is 2. The number of nitrogens with one attached hydrogen (secondary N) is 2. The molecular weight excluding hydrogens is 314 g/mol. The van der Waals surface area contributed by atoms with E-state index in [1.165, 1.54) is 12.3 Å². The van der Waals surface area contributed by atoms with Crippen molar-refractivity contribution in [1.29, 1.82) is 0 Å². The van der Waals surface area contributed by atoms with Gasteiger partial charge >= 0.3 is 0 Å². The zero-order chi connectivity index (χ0) is 15.9. The van der Waals surface area contributed by atoms with Crippen LogP contribution in [0.3, 0.4) is 0 Å². The number of nitrogens with zero attached hydrogens (tertiary/aromatic N) is 1. The van der Waals surface area contributed by atoms with E-state index >= 15 is 0 Å². The Morgan fingerprint density at radius 1 is 1.38 bits per heavy atom. The second-order valence-electron chi connectivity index (χ2n) is 4.94. The normalized spacial score (nSPS) is 11.9. The average molecular weight is 336 g/mol. The highest BCUT2D eigenvalue weighted by molar-refractivity contribution is 7.89. The van der Waals surface area contributed by atoms with Crippen molar-refractivity contribution in [2.75, 3.05) is 32.1 Å². The Bertz CT molecular complexity index is 550. The number of anilines is 1. The Labute approximate surface area is 131 Å². The van der Waals surface area contributed by atoms with E-state index in [9.17, 15) is 8.42 Å². The maximum atomic E-state index is 12.0. The van der Waals surface area contributed by atoms with Crippen LogP contribution in [-0.2, 0) is 14.8 Å². The lowest BCUT2D eigenvalue weighted by Crippen LogP contribution is -2.27. The molecule has 1 rings (SSSR count). The molecular formula is C13H22ClN3O3S. The number of ether oxygens (including phenoxy) is 1. The minimum atomic E-state index is -3.62. The number of halogens is 1. The lowest BCUT2D eigenvalue weighted by molar-refractivity contribution is 0.128. The summed E-state index contributed by atoms with van der Waals surface area (Å²) in [7, 11) is -1.95. The largest absolute Gasteiger partial charge is 0.380 e. The van der Waals surface area contributed by atoms with Gasteiger partial charge in [0.05, 0.1) is 11.6 Å². The minimum Gasteiger partial charge on any atom is -0.380 e. The van der Waals surface area contributed by atoms with Gasteiger partial charge in [-0.1, -0.05) is 25.4 Å². The Morgan fingerprint density at radius 2 is 2.10 bits per heavy atom. The van der Waals surface area contributed by atoms with Crippen molar-refractivity contribution in [2.24, 2.45) is 5.92 Å². The van der Waals surface area contributed by atoms with Crippen molar-refractivity contribution in [3.63, 3.8) is 0 Å². The number of pyridine rings is 1. The molecule has 0 aliphatic heterocycles. The Morgan fingerprint density at radius 3 is 2.67 bits per heavy atom. The molecule has 0 unspecified atom stereocenters. The Kier molecular flexibility index (Phi) is 7.37. The Balaban J connectivity index is 2.48. The third-order valence-electron chi connectivity index (χ3n) is 2.74. The fourth-order valence-corrected chi connectivity index (χ4v) is 2.81. The highest BCUT2D eigenvalue weighted by Crippen LogP contribution is 2.21. The van der Waals surface area contributed by atoms with Gasteiger partial charge in [-0.15, -0.1) is 0 Å². The highest BCUT2D eigenvalue weighted by atomic mass is 35.5. The first-order valence-electron chi connectivity index (χ1n) is 6.77. The van der Waals surface area contributed by atoms with Crippen molar-refractivity contribution >= 4 is 27.4 Å². The molecule has 21 heavy (non-hydrogen) atoms. The molecule has 1 aromatic heterocycles. The van der Waals surface area contributed by atoms with Crippen LogP contribution in [0.15, 0.2) is 17.2 Å². The summed E-state index contributed by atoms with van der Waals surface area (Å²) in [6.45, 7) is 5.40. The van der Waals surface area contributed by atoms with E-state index in [1.807, 2.05) is 0 Å². The molecule has 0 aliphatic carbocycles. The number of sulfonamides is 1. The van der Waals surface area contributed by atoms with Gasteiger partial charge in [0.25, 0.3) is 0 Å². The van der Waals surface area contributed by atoms with Crippen LogP contribution >= 0.6 is 11.6 Å². The average Bonchev–Trinajstić information content (AvgIpc) is 2.42. The van der Waals surface area contributed by atoms with Crippen LogP contribution < -0.4 is 10.0 Å². The molecule has 0 bridgehead atoms. The summed E-state index contributed by atoms with van der Waals surface area (Å²) in [6, 6.07) is 1.36. The SMILES string of the molecule is CNc1ncc(S(=O)(=O)NCCOCCC(C)C)cc1Cl. The maximum Gasteiger partial charge on any atom is 0.242 e. The summed E-state index contributed by atoms with van der Waals surface area (Å²) in [6.07, 6.45) is 2.22. The lowest BCUT2D eigenvalue weighted by Gasteiger charge is -2.09. The molecule has 120 valence electrons. The van der Waals surface area contributed by atoms with Crippen LogP contribution in [0, 0.1) is 5.92 Å². The molecule has 0 spiro atoms. The first-order chi connectivity index (χ1) is 9.86. The van der Waals surface area contributed by atoms with Gasteiger partial charge in [0.15, 0.2) is 0 Å². The standard InChI is InChI=1S/C13H22ClN3O3S/c1-10(2)4-6-20-7-5-17-21(18,19)11-8-12(14)13(15-3)16-9-11/h8-10,17H,4-7H2,1-3H3,(H,15,16). The monoisotopic (exact) mass is 335 g/mol. The molecule has 0 saturated heterocycles. The molecule has 1 aromatic rings. The summed E-state index contributed by atoms with van der Waals surface area (Å²) in [5.74, 6) is 1.01. The summed E-state index contributed by atoms with van der Waals surface area (Å²) >= 11 is 5.93. The summed E-state index contributed by atoms with van der Waals surface area (Å²) in [4.78, 5) is 3.98.